The minimum atomic E-state index is 0.191. The normalized spacial score (nSPS) is 18.9. The summed E-state index contributed by atoms with van der Waals surface area (Å²) >= 11 is 0. The van der Waals surface area contributed by atoms with Crippen LogP contribution in [0.1, 0.15) is 31.4 Å². The maximum absolute atomic E-state index is 5.68. The highest BCUT2D eigenvalue weighted by atomic mass is 16.6. The highest BCUT2D eigenvalue weighted by molar-refractivity contribution is 5.46. The molecule has 3 rings (SSSR count). The van der Waals surface area contributed by atoms with Gasteiger partial charge in [0.1, 0.15) is 13.2 Å². The molecule has 1 aromatic carbocycles. The average Bonchev–Trinajstić information content (AvgIpc) is 2.53. The monoisotopic (exact) mass is 275 g/mol. The SMILES string of the molecule is CCNC(C1=COCCC1)c1ccc2c(c1)OCCO2. The summed E-state index contributed by atoms with van der Waals surface area (Å²) < 4.78 is 16.7. The Morgan fingerprint density at radius 3 is 2.75 bits per heavy atom. The molecule has 1 atom stereocenters. The van der Waals surface area contributed by atoms with Crippen molar-refractivity contribution in [2.24, 2.45) is 0 Å². The highest BCUT2D eigenvalue weighted by Gasteiger charge is 2.21. The van der Waals surface area contributed by atoms with Crippen molar-refractivity contribution in [2.75, 3.05) is 26.4 Å². The molecular weight excluding hydrogens is 254 g/mol. The van der Waals surface area contributed by atoms with Crippen LogP contribution in [0, 0.1) is 0 Å². The van der Waals surface area contributed by atoms with E-state index in [-0.39, 0.29) is 6.04 Å². The second-order valence-electron chi connectivity index (χ2n) is 5.06. The van der Waals surface area contributed by atoms with E-state index < -0.39 is 0 Å². The van der Waals surface area contributed by atoms with E-state index >= 15 is 0 Å². The zero-order valence-corrected chi connectivity index (χ0v) is 11.9. The Morgan fingerprint density at radius 2 is 2.00 bits per heavy atom. The van der Waals surface area contributed by atoms with Crippen molar-refractivity contribution in [1.82, 2.24) is 5.32 Å². The number of hydrogen-bond acceptors (Lipinski definition) is 4. The van der Waals surface area contributed by atoms with E-state index in [1.54, 1.807) is 0 Å². The van der Waals surface area contributed by atoms with Crippen LogP contribution in [0.2, 0.25) is 0 Å². The van der Waals surface area contributed by atoms with Crippen LogP contribution < -0.4 is 14.8 Å². The van der Waals surface area contributed by atoms with Crippen LogP contribution in [-0.2, 0) is 4.74 Å². The summed E-state index contributed by atoms with van der Waals surface area (Å²) in [7, 11) is 0. The second-order valence-corrected chi connectivity index (χ2v) is 5.06. The predicted octanol–water partition coefficient (Wildman–Crippen LogP) is 2.80. The number of nitrogens with one attached hydrogen (secondary N) is 1. The molecule has 0 radical (unpaired) electrons. The molecule has 20 heavy (non-hydrogen) atoms. The van der Waals surface area contributed by atoms with E-state index in [9.17, 15) is 0 Å². The Hall–Kier alpha value is -1.68. The maximum Gasteiger partial charge on any atom is 0.161 e. The van der Waals surface area contributed by atoms with Gasteiger partial charge in [0.15, 0.2) is 11.5 Å². The van der Waals surface area contributed by atoms with Gasteiger partial charge in [0.25, 0.3) is 0 Å². The lowest BCUT2D eigenvalue weighted by molar-refractivity contribution is 0.171. The minimum absolute atomic E-state index is 0.191. The number of benzene rings is 1. The van der Waals surface area contributed by atoms with Crippen molar-refractivity contribution >= 4 is 0 Å². The van der Waals surface area contributed by atoms with E-state index in [1.165, 1.54) is 11.1 Å². The van der Waals surface area contributed by atoms with Crippen LogP contribution in [-0.4, -0.2) is 26.4 Å². The third-order valence-corrected chi connectivity index (χ3v) is 3.64. The summed E-state index contributed by atoms with van der Waals surface area (Å²) in [6, 6.07) is 6.38. The smallest absolute Gasteiger partial charge is 0.161 e. The lowest BCUT2D eigenvalue weighted by atomic mass is 9.95. The summed E-state index contributed by atoms with van der Waals surface area (Å²) in [5.41, 5.74) is 2.50. The molecule has 2 aliphatic rings. The first-order valence-corrected chi connectivity index (χ1v) is 7.32. The minimum Gasteiger partial charge on any atom is -0.501 e. The number of rotatable bonds is 4. The van der Waals surface area contributed by atoms with Gasteiger partial charge in [-0.1, -0.05) is 13.0 Å². The van der Waals surface area contributed by atoms with E-state index in [2.05, 4.69) is 24.4 Å². The van der Waals surface area contributed by atoms with Gasteiger partial charge in [0, 0.05) is 0 Å². The molecule has 4 nitrogen and oxygen atoms in total. The molecular formula is C16H21NO3. The van der Waals surface area contributed by atoms with E-state index in [0.717, 1.165) is 37.5 Å². The molecule has 0 aliphatic carbocycles. The lowest BCUT2D eigenvalue weighted by Crippen LogP contribution is -2.24. The summed E-state index contributed by atoms with van der Waals surface area (Å²) in [6.07, 6.45) is 4.07. The molecule has 0 bridgehead atoms. The van der Waals surface area contributed by atoms with Crippen LogP contribution in [0.25, 0.3) is 0 Å². The van der Waals surface area contributed by atoms with Gasteiger partial charge < -0.3 is 19.5 Å². The van der Waals surface area contributed by atoms with E-state index in [4.69, 9.17) is 14.2 Å². The first kappa shape index (κ1) is 13.3. The topological polar surface area (TPSA) is 39.7 Å². The van der Waals surface area contributed by atoms with Crippen LogP contribution in [0.15, 0.2) is 30.0 Å². The van der Waals surface area contributed by atoms with E-state index in [0.29, 0.717) is 13.2 Å². The van der Waals surface area contributed by atoms with Gasteiger partial charge in [-0.05, 0) is 42.7 Å². The van der Waals surface area contributed by atoms with E-state index in [1.807, 2.05) is 12.3 Å². The molecule has 2 heterocycles. The number of fused-ring (bicyclic) bond motifs is 1. The maximum atomic E-state index is 5.68. The Bertz CT molecular complexity index is 498. The molecule has 0 spiro atoms. The van der Waals surface area contributed by atoms with Gasteiger partial charge >= 0.3 is 0 Å². The molecule has 0 saturated heterocycles. The van der Waals surface area contributed by atoms with Gasteiger partial charge in [-0.2, -0.15) is 0 Å². The quantitative estimate of drug-likeness (QED) is 0.917. The fourth-order valence-corrected chi connectivity index (χ4v) is 2.70. The third-order valence-electron chi connectivity index (χ3n) is 3.64. The van der Waals surface area contributed by atoms with Crippen molar-refractivity contribution in [3.05, 3.63) is 35.6 Å². The molecule has 0 saturated carbocycles. The third kappa shape index (κ3) is 2.75. The Kier molecular flexibility index (Phi) is 4.11. The van der Waals surface area contributed by atoms with Crippen LogP contribution in [0.4, 0.5) is 0 Å². The van der Waals surface area contributed by atoms with Crippen LogP contribution >= 0.6 is 0 Å². The lowest BCUT2D eigenvalue weighted by Gasteiger charge is -2.26. The van der Waals surface area contributed by atoms with Gasteiger partial charge in [0.05, 0.1) is 18.9 Å². The highest BCUT2D eigenvalue weighted by Crippen LogP contribution is 2.35. The van der Waals surface area contributed by atoms with Gasteiger partial charge in [-0.25, -0.2) is 0 Å². The molecule has 4 heteroatoms. The summed E-state index contributed by atoms with van der Waals surface area (Å²) in [5.74, 6) is 1.68. The molecule has 0 amide bonds. The largest absolute Gasteiger partial charge is 0.501 e. The Balaban J connectivity index is 1.88. The van der Waals surface area contributed by atoms with Crippen LogP contribution in [0.3, 0.4) is 0 Å². The molecule has 0 fully saturated rings. The van der Waals surface area contributed by atoms with Crippen molar-refractivity contribution in [2.45, 2.75) is 25.8 Å². The fraction of sp³-hybridized carbons (Fsp3) is 0.500. The number of likely N-dealkylation sites (N-methyl/N-ethyl adjacent to an activating group) is 1. The van der Waals surface area contributed by atoms with Gasteiger partial charge in [-0.3, -0.25) is 0 Å². The molecule has 1 unspecified atom stereocenters. The van der Waals surface area contributed by atoms with Crippen molar-refractivity contribution in [1.29, 1.82) is 0 Å². The average molecular weight is 275 g/mol. The summed E-state index contributed by atoms with van der Waals surface area (Å²) in [5, 5.41) is 3.53. The summed E-state index contributed by atoms with van der Waals surface area (Å²) in [6.45, 7) is 5.10. The Labute approximate surface area is 119 Å². The Morgan fingerprint density at radius 1 is 1.15 bits per heavy atom. The van der Waals surface area contributed by atoms with Crippen molar-refractivity contribution < 1.29 is 14.2 Å². The van der Waals surface area contributed by atoms with Gasteiger partial charge in [-0.15, -0.1) is 0 Å². The molecule has 1 aromatic rings. The second kappa shape index (κ2) is 6.18. The predicted molar refractivity (Wildman–Crippen MR) is 77.1 cm³/mol. The summed E-state index contributed by atoms with van der Waals surface area (Å²) in [4.78, 5) is 0. The zero-order chi connectivity index (χ0) is 13.8. The number of ether oxygens (including phenoxy) is 3. The molecule has 1 N–H and O–H groups in total. The molecule has 2 aliphatic heterocycles. The first-order valence-electron chi connectivity index (χ1n) is 7.32. The van der Waals surface area contributed by atoms with Gasteiger partial charge in [0.2, 0.25) is 0 Å². The molecule has 0 aromatic heterocycles. The number of hydrogen-bond donors (Lipinski definition) is 1. The fourth-order valence-electron chi connectivity index (χ4n) is 2.70. The molecule has 108 valence electrons. The first-order chi connectivity index (χ1) is 9.88. The standard InChI is InChI=1S/C16H21NO3/c1-2-17-16(13-4-3-7-18-11-13)12-5-6-14-15(10-12)20-9-8-19-14/h5-6,10-11,16-17H,2-4,7-9H2,1H3. The zero-order valence-electron chi connectivity index (χ0n) is 11.9. The van der Waals surface area contributed by atoms with Crippen molar-refractivity contribution in [3.63, 3.8) is 0 Å². The van der Waals surface area contributed by atoms with Crippen LogP contribution in [0.5, 0.6) is 11.5 Å². The van der Waals surface area contributed by atoms with Crippen molar-refractivity contribution in [3.8, 4) is 11.5 Å².